The second-order valence-electron chi connectivity index (χ2n) is 6.30. The molecule has 0 unspecified atom stereocenters. The van der Waals surface area contributed by atoms with Crippen LogP contribution in [0.5, 0.6) is 0 Å². The molecular weight excluding hydrogens is 370 g/mol. The van der Waals surface area contributed by atoms with Gasteiger partial charge in [-0.2, -0.15) is 13.1 Å². The molecule has 0 saturated carbocycles. The second kappa shape index (κ2) is 6.86. The zero-order valence-electron chi connectivity index (χ0n) is 13.9. The van der Waals surface area contributed by atoms with E-state index in [2.05, 4.69) is 8.75 Å². The molecule has 1 fully saturated rings. The first-order valence-corrected chi connectivity index (χ1v) is 10.5. The molecule has 4 rings (SSSR count). The number of rotatable bonds is 4. The lowest BCUT2D eigenvalue weighted by Gasteiger charge is -2.30. The Morgan fingerprint density at radius 3 is 2.46 bits per heavy atom. The van der Waals surface area contributed by atoms with Crippen LogP contribution in [0, 0.1) is 5.92 Å². The Morgan fingerprint density at radius 2 is 1.73 bits per heavy atom. The van der Waals surface area contributed by atoms with Crippen molar-refractivity contribution in [3.05, 3.63) is 54.1 Å². The maximum Gasteiger partial charge on any atom is 0.245 e. The van der Waals surface area contributed by atoms with Gasteiger partial charge in [-0.1, -0.05) is 36.4 Å². The van der Waals surface area contributed by atoms with Gasteiger partial charge in [0.2, 0.25) is 10.0 Å². The van der Waals surface area contributed by atoms with E-state index in [4.69, 9.17) is 0 Å². The minimum absolute atomic E-state index is 0.0912. The van der Waals surface area contributed by atoms with Gasteiger partial charge in [-0.15, -0.1) is 0 Å². The molecular formula is C18H17N3O3S2. The highest BCUT2D eigenvalue weighted by Gasteiger charge is 2.33. The van der Waals surface area contributed by atoms with Gasteiger partial charge in [-0.3, -0.25) is 4.79 Å². The minimum atomic E-state index is -3.65. The number of hydrogen-bond donors (Lipinski definition) is 0. The van der Waals surface area contributed by atoms with Crippen LogP contribution in [0.25, 0.3) is 11.0 Å². The summed E-state index contributed by atoms with van der Waals surface area (Å²) in [5.41, 5.74) is 1.69. The van der Waals surface area contributed by atoms with Crippen LogP contribution in [-0.4, -0.2) is 40.3 Å². The molecule has 1 aliphatic rings. The van der Waals surface area contributed by atoms with Crippen molar-refractivity contribution in [2.75, 3.05) is 13.1 Å². The van der Waals surface area contributed by atoms with Gasteiger partial charge in [0.15, 0.2) is 5.78 Å². The number of aromatic nitrogens is 2. The van der Waals surface area contributed by atoms with E-state index in [1.165, 1.54) is 4.31 Å². The summed E-state index contributed by atoms with van der Waals surface area (Å²) in [5.74, 6) is -0.0472. The Labute approximate surface area is 155 Å². The summed E-state index contributed by atoms with van der Waals surface area (Å²) in [6.45, 7) is 0.666. The van der Waals surface area contributed by atoms with Crippen LogP contribution >= 0.6 is 11.7 Å². The molecule has 2 heterocycles. The van der Waals surface area contributed by atoms with Crippen LogP contribution in [0.3, 0.4) is 0 Å². The Morgan fingerprint density at radius 1 is 1.00 bits per heavy atom. The molecule has 0 atom stereocenters. The normalized spacial score (nSPS) is 16.8. The third-order valence-corrected chi connectivity index (χ3v) is 7.22. The summed E-state index contributed by atoms with van der Waals surface area (Å²) in [6, 6.07) is 14.2. The largest absolute Gasteiger partial charge is 0.294 e. The fourth-order valence-electron chi connectivity index (χ4n) is 3.33. The zero-order chi connectivity index (χ0) is 18.1. The van der Waals surface area contributed by atoms with Crippen molar-refractivity contribution in [1.29, 1.82) is 0 Å². The van der Waals surface area contributed by atoms with Gasteiger partial charge in [0.05, 0.1) is 11.7 Å². The fraction of sp³-hybridized carbons (Fsp3) is 0.278. The molecule has 0 bridgehead atoms. The average molecular weight is 387 g/mol. The molecule has 8 heteroatoms. The van der Waals surface area contributed by atoms with Crippen molar-refractivity contribution in [3.63, 3.8) is 0 Å². The van der Waals surface area contributed by atoms with E-state index in [9.17, 15) is 13.2 Å². The highest BCUT2D eigenvalue weighted by Crippen LogP contribution is 2.29. The summed E-state index contributed by atoms with van der Waals surface area (Å²) in [4.78, 5) is 12.8. The van der Waals surface area contributed by atoms with Crippen LogP contribution in [-0.2, 0) is 10.0 Å². The topological polar surface area (TPSA) is 80.2 Å². The van der Waals surface area contributed by atoms with E-state index < -0.39 is 10.0 Å². The van der Waals surface area contributed by atoms with Gasteiger partial charge in [0.1, 0.15) is 15.9 Å². The number of benzene rings is 2. The second-order valence-corrected chi connectivity index (χ2v) is 8.73. The van der Waals surface area contributed by atoms with Crippen molar-refractivity contribution in [2.45, 2.75) is 17.7 Å². The van der Waals surface area contributed by atoms with Crippen molar-refractivity contribution in [2.24, 2.45) is 5.92 Å². The number of fused-ring (bicyclic) bond motifs is 1. The zero-order valence-corrected chi connectivity index (χ0v) is 15.5. The third-order valence-electron chi connectivity index (χ3n) is 4.75. The summed E-state index contributed by atoms with van der Waals surface area (Å²) in [6.07, 6.45) is 1.05. The Hall–Kier alpha value is -2.16. The minimum Gasteiger partial charge on any atom is -0.294 e. The number of sulfonamides is 1. The lowest BCUT2D eigenvalue weighted by molar-refractivity contribution is 0.0875. The van der Waals surface area contributed by atoms with E-state index in [0.29, 0.717) is 42.5 Å². The number of piperidine rings is 1. The van der Waals surface area contributed by atoms with E-state index in [-0.39, 0.29) is 16.6 Å². The standard InChI is InChI=1S/C18H17N3O3S2/c22-18(13-5-2-1-3-6-13)14-9-11-21(12-10-14)26(23,24)16-8-4-7-15-17(16)20-25-19-15/h1-8,14H,9-12H2. The average Bonchev–Trinajstić information content (AvgIpc) is 3.17. The Kier molecular flexibility index (Phi) is 4.56. The van der Waals surface area contributed by atoms with Crippen LogP contribution in [0.15, 0.2) is 53.4 Å². The van der Waals surface area contributed by atoms with Gasteiger partial charge in [-0.25, -0.2) is 8.42 Å². The molecule has 0 spiro atoms. The number of Topliss-reactive ketones (excluding diaryl/α,β-unsaturated/α-hetero) is 1. The van der Waals surface area contributed by atoms with Gasteiger partial charge >= 0.3 is 0 Å². The van der Waals surface area contributed by atoms with Crippen molar-refractivity contribution in [1.82, 2.24) is 13.1 Å². The smallest absolute Gasteiger partial charge is 0.245 e. The number of ketones is 1. The van der Waals surface area contributed by atoms with Crippen LogP contribution in [0.2, 0.25) is 0 Å². The van der Waals surface area contributed by atoms with Gasteiger partial charge in [0, 0.05) is 24.6 Å². The van der Waals surface area contributed by atoms with E-state index in [0.717, 1.165) is 11.7 Å². The summed E-state index contributed by atoms with van der Waals surface area (Å²) >= 11 is 1.00. The molecule has 3 aromatic rings. The molecule has 0 aliphatic carbocycles. The molecule has 1 saturated heterocycles. The first kappa shape index (κ1) is 17.3. The predicted molar refractivity (Wildman–Crippen MR) is 99.7 cm³/mol. The quantitative estimate of drug-likeness (QED) is 0.643. The lowest BCUT2D eigenvalue weighted by atomic mass is 9.90. The van der Waals surface area contributed by atoms with E-state index >= 15 is 0 Å². The van der Waals surface area contributed by atoms with Gasteiger partial charge in [0.25, 0.3) is 0 Å². The maximum atomic E-state index is 13.0. The van der Waals surface area contributed by atoms with Crippen LogP contribution in [0.1, 0.15) is 23.2 Å². The summed E-state index contributed by atoms with van der Waals surface area (Å²) in [5, 5.41) is 0. The fourth-order valence-corrected chi connectivity index (χ4v) is 5.55. The number of hydrogen-bond acceptors (Lipinski definition) is 6. The summed E-state index contributed by atoms with van der Waals surface area (Å²) < 4.78 is 35.7. The molecule has 134 valence electrons. The number of carbonyl (C=O) groups excluding carboxylic acids is 1. The first-order chi connectivity index (χ1) is 12.6. The molecule has 0 amide bonds. The molecule has 0 N–H and O–H groups in total. The van der Waals surface area contributed by atoms with Crippen LogP contribution in [0.4, 0.5) is 0 Å². The van der Waals surface area contributed by atoms with Gasteiger partial charge < -0.3 is 0 Å². The molecule has 0 radical (unpaired) electrons. The molecule has 1 aliphatic heterocycles. The van der Waals surface area contributed by atoms with Crippen LogP contribution < -0.4 is 0 Å². The molecule has 1 aromatic heterocycles. The Bertz CT molecular complexity index is 1040. The van der Waals surface area contributed by atoms with E-state index in [1.807, 2.05) is 18.2 Å². The number of carbonyl (C=O) groups is 1. The monoisotopic (exact) mass is 387 g/mol. The Balaban J connectivity index is 1.52. The molecule has 2 aromatic carbocycles. The highest BCUT2D eigenvalue weighted by atomic mass is 32.2. The maximum absolute atomic E-state index is 13.0. The summed E-state index contributed by atoms with van der Waals surface area (Å²) in [7, 11) is -3.65. The predicted octanol–water partition coefficient (Wildman–Crippen LogP) is 2.97. The third kappa shape index (κ3) is 3.04. The highest BCUT2D eigenvalue weighted by molar-refractivity contribution is 7.89. The molecule has 6 nitrogen and oxygen atoms in total. The first-order valence-electron chi connectivity index (χ1n) is 8.38. The SMILES string of the molecule is O=C(c1ccccc1)C1CCN(S(=O)(=O)c2cccc3nsnc23)CC1. The van der Waals surface area contributed by atoms with Crippen molar-refractivity contribution in [3.8, 4) is 0 Å². The van der Waals surface area contributed by atoms with E-state index in [1.54, 1.807) is 30.3 Å². The van der Waals surface area contributed by atoms with Crippen molar-refractivity contribution >= 4 is 38.6 Å². The number of nitrogens with zero attached hydrogens (tertiary/aromatic N) is 3. The lowest BCUT2D eigenvalue weighted by Crippen LogP contribution is -2.40. The molecule has 26 heavy (non-hydrogen) atoms. The van der Waals surface area contributed by atoms with Crippen molar-refractivity contribution < 1.29 is 13.2 Å². The van der Waals surface area contributed by atoms with Gasteiger partial charge in [-0.05, 0) is 25.0 Å².